The van der Waals surface area contributed by atoms with Gasteiger partial charge in [0.25, 0.3) is 5.91 Å². The molecule has 0 bridgehead atoms. The fourth-order valence-corrected chi connectivity index (χ4v) is 1.42. The van der Waals surface area contributed by atoms with Crippen LogP contribution in [-0.2, 0) is 0 Å². The van der Waals surface area contributed by atoms with E-state index in [1.807, 2.05) is 20.8 Å². The first-order chi connectivity index (χ1) is 8.39. The molecule has 0 aliphatic heterocycles. The first-order valence-corrected chi connectivity index (χ1v) is 6.26. The third-order valence-corrected chi connectivity index (χ3v) is 2.85. The zero-order valence-corrected chi connectivity index (χ0v) is 11.5. The van der Waals surface area contributed by atoms with Crippen molar-refractivity contribution in [1.82, 2.24) is 5.32 Å². The van der Waals surface area contributed by atoms with Gasteiger partial charge < -0.3 is 15.8 Å². The lowest BCUT2D eigenvalue weighted by molar-refractivity contribution is 0.0955. The van der Waals surface area contributed by atoms with Crippen molar-refractivity contribution in [3.63, 3.8) is 0 Å². The maximum absolute atomic E-state index is 11.6. The van der Waals surface area contributed by atoms with E-state index in [2.05, 4.69) is 12.2 Å². The van der Waals surface area contributed by atoms with Gasteiger partial charge in [-0.1, -0.05) is 6.92 Å². The lowest BCUT2D eigenvalue weighted by atomic mass is 10.1. The first kappa shape index (κ1) is 14.4. The van der Waals surface area contributed by atoms with Crippen molar-refractivity contribution in [1.29, 1.82) is 0 Å². The maximum atomic E-state index is 11.6. The number of amides is 1. The normalized spacial score (nSPS) is 11.1. The Balaban J connectivity index is 2.89. The Morgan fingerprint density at radius 3 is 2.56 bits per heavy atom. The number of hydrogen-bond acceptors (Lipinski definition) is 3. The van der Waals surface area contributed by atoms with E-state index in [0.29, 0.717) is 23.5 Å². The summed E-state index contributed by atoms with van der Waals surface area (Å²) in [7, 11) is 0. The number of benzene rings is 1. The van der Waals surface area contributed by atoms with E-state index in [0.717, 1.165) is 6.42 Å². The van der Waals surface area contributed by atoms with E-state index in [-0.39, 0.29) is 11.5 Å². The SMILES string of the molecule is CCNC(=O)c1ccc(OC(C)(C)CC)c(N)c1. The topological polar surface area (TPSA) is 64.3 Å². The highest BCUT2D eigenvalue weighted by atomic mass is 16.5. The minimum absolute atomic E-state index is 0.120. The molecular formula is C14H22N2O2. The van der Waals surface area contributed by atoms with Gasteiger partial charge in [0.2, 0.25) is 0 Å². The van der Waals surface area contributed by atoms with E-state index in [1.165, 1.54) is 0 Å². The number of nitrogens with two attached hydrogens (primary N) is 1. The van der Waals surface area contributed by atoms with Gasteiger partial charge in [0.1, 0.15) is 11.4 Å². The third kappa shape index (κ3) is 3.65. The number of nitrogens with one attached hydrogen (secondary N) is 1. The van der Waals surface area contributed by atoms with Gasteiger partial charge in [-0.15, -0.1) is 0 Å². The van der Waals surface area contributed by atoms with Gasteiger partial charge in [-0.05, 0) is 45.4 Å². The molecule has 0 unspecified atom stereocenters. The second kappa shape index (κ2) is 5.76. The average Bonchev–Trinajstić information content (AvgIpc) is 2.32. The van der Waals surface area contributed by atoms with E-state index < -0.39 is 0 Å². The van der Waals surface area contributed by atoms with Crippen LogP contribution in [0.5, 0.6) is 5.75 Å². The Morgan fingerprint density at radius 1 is 1.39 bits per heavy atom. The Morgan fingerprint density at radius 2 is 2.06 bits per heavy atom. The Hall–Kier alpha value is -1.71. The second-order valence-electron chi connectivity index (χ2n) is 4.83. The number of rotatable bonds is 5. The standard InChI is InChI=1S/C14H22N2O2/c1-5-14(3,4)18-12-8-7-10(9-11(12)15)13(17)16-6-2/h7-9H,5-6,15H2,1-4H3,(H,16,17). The lowest BCUT2D eigenvalue weighted by Crippen LogP contribution is -2.27. The van der Waals surface area contributed by atoms with Crippen LogP contribution in [0.3, 0.4) is 0 Å². The summed E-state index contributed by atoms with van der Waals surface area (Å²) in [6.07, 6.45) is 0.879. The van der Waals surface area contributed by atoms with Crippen LogP contribution < -0.4 is 15.8 Å². The van der Waals surface area contributed by atoms with Gasteiger partial charge in [-0.25, -0.2) is 0 Å². The molecule has 4 heteroatoms. The zero-order chi connectivity index (χ0) is 13.8. The molecule has 0 saturated carbocycles. The molecule has 4 nitrogen and oxygen atoms in total. The van der Waals surface area contributed by atoms with E-state index >= 15 is 0 Å². The van der Waals surface area contributed by atoms with Crippen molar-refractivity contribution in [2.45, 2.75) is 39.7 Å². The van der Waals surface area contributed by atoms with Gasteiger partial charge in [-0.2, -0.15) is 0 Å². The largest absolute Gasteiger partial charge is 0.486 e. The van der Waals surface area contributed by atoms with Crippen LogP contribution in [0, 0.1) is 0 Å². The fraction of sp³-hybridized carbons (Fsp3) is 0.500. The molecule has 0 aromatic heterocycles. The molecule has 0 aliphatic rings. The van der Waals surface area contributed by atoms with Gasteiger partial charge >= 0.3 is 0 Å². The number of nitrogen functional groups attached to an aromatic ring is 1. The van der Waals surface area contributed by atoms with Crippen LogP contribution in [0.25, 0.3) is 0 Å². The number of carbonyl (C=O) groups excluding carboxylic acids is 1. The van der Waals surface area contributed by atoms with Gasteiger partial charge in [0.15, 0.2) is 0 Å². The summed E-state index contributed by atoms with van der Waals surface area (Å²) in [5.74, 6) is 0.500. The summed E-state index contributed by atoms with van der Waals surface area (Å²) in [6, 6.07) is 5.12. The zero-order valence-electron chi connectivity index (χ0n) is 11.5. The predicted octanol–water partition coefficient (Wildman–Crippen LogP) is 2.59. The Kier molecular flexibility index (Phi) is 4.59. The molecule has 18 heavy (non-hydrogen) atoms. The van der Waals surface area contributed by atoms with Crippen molar-refractivity contribution in [2.75, 3.05) is 12.3 Å². The summed E-state index contributed by atoms with van der Waals surface area (Å²) in [6.45, 7) is 8.54. The molecule has 1 amide bonds. The Labute approximate surface area is 109 Å². The van der Waals surface area contributed by atoms with E-state index in [4.69, 9.17) is 10.5 Å². The van der Waals surface area contributed by atoms with Crippen molar-refractivity contribution < 1.29 is 9.53 Å². The molecule has 0 fully saturated rings. The molecule has 0 spiro atoms. The summed E-state index contributed by atoms with van der Waals surface area (Å²) in [5, 5.41) is 2.73. The maximum Gasteiger partial charge on any atom is 0.251 e. The van der Waals surface area contributed by atoms with Crippen LogP contribution in [0.2, 0.25) is 0 Å². The highest BCUT2D eigenvalue weighted by Crippen LogP contribution is 2.27. The molecule has 0 aliphatic carbocycles. The molecule has 100 valence electrons. The van der Waals surface area contributed by atoms with Crippen LogP contribution >= 0.6 is 0 Å². The van der Waals surface area contributed by atoms with Crippen molar-refractivity contribution in [3.05, 3.63) is 23.8 Å². The first-order valence-electron chi connectivity index (χ1n) is 6.26. The molecule has 0 radical (unpaired) electrons. The monoisotopic (exact) mass is 250 g/mol. The highest BCUT2D eigenvalue weighted by molar-refractivity contribution is 5.95. The van der Waals surface area contributed by atoms with Crippen LogP contribution in [0.1, 0.15) is 44.5 Å². The van der Waals surface area contributed by atoms with Crippen LogP contribution in [-0.4, -0.2) is 18.1 Å². The van der Waals surface area contributed by atoms with Crippen molar-refractivity contribution in [2.24, 2.45) is 0 Å². The lowest BCUT2D eigenvalue weighted by Gasteiger charge is -2.25. The summed E-state index contributed by atoms with van der Waals surface area (Å²) < 4.78 is 5.82. The quantitative estimate of drug-likeness (QED) is 0.789. The number of carbonyl (C=O) groups is 1. The summed E-state index contributed by atoms with van der Waals surface area (Å²) >= 11 is 0. The van der Waals surface area contributed by atoms with E-state index in [9.17, 15) is 4.79 Å². The number of hydrogen-bond donors (Lipinski definition) is 2. The van der Waals surface area contributed by atoms with Gasteiger partial charge in [-0.3, -0.25) is 4.79 Å². The molecule has 0 heterocycles. The molecule has 1 aromatic rings. The van der Waals surface area contributed by atoms with Crippen molar-refractivity contribution >= 4 is 11.6 Å². The minimum atomic E-state index is -0.263. The van der Waals surface area contributed by atoms with Crippen LogP contribution in [0.15, 0.2) is 18.2 Å². The second-order valence-corrected chi connectivity index (χ2v) is 4.83. The van der Waals surface area contributed by atoms with E-state index in [1.54, 1.807) is 18.2 Å². The highest BCUT2D eigenvalue weighted by Gasteiger charge is 2.18. The number of ether oxygens (including phenoxy) is 1. The molecule has 0 saturated heterocycles. The molecular weight excluding hydrogens is 228 g/mol. The minimum Gasteiger partial charge on any atom is -0.486 e. The molecule has 3 N–H and O–H groups in total. The van der Waals surface area contributed by atoms with Gasteiger partial charge in [0, 0.05) is 12.1 Å². The third-order valence-electron chi connectivity index (χ3n) is 2.85. The smallest absolute Gasteiger partial charge is 0.251 e. The van der Waals surface area contributed by atoms with Gasteiger partial charge in [0.05, 0.1) is 5.69 Å². The fourth-order valence-electron chi connectivity index (χ4n) is 1.42. The predicted molar refractivity (Wildman–Crippen MR) is 73.9 cm³/mol. The number of anilines is 1. The molecule has 1 aromatic carbocycles. The van der Waals surface area contributed by atoms with Crippen molar-refractivity contribution in [3.8, 4) is 5.75 Å². The average molecular weight is 250 g/mol. The summed E-state index contributed by atoms with van der Waals surface area (Å²) in [5.41, 5.74) is 6.69. The Bertz CT molecular complexity index is 428. The summed E-state index contributed by atoms with van der Waals surface area (Å²) in [4.78, 5) is 11.6. The molecule has 1 rings (SSSR count). The van der Waals surface area contributed by atoms with Crippen LogP contribution in [0.4, 0.5) is 5.69 Å². The molecule has 0 atom stereocenters.